The predicted molar refractivity (Wildman–Crippen MR) is 59.8 cm³/mol. The van der Waals surface area contributed by atoms with Gasteiger partial charge in [-0.2, -0.15) is 21.6 Å². The molecule has 1 aliphatic heterocycles. The minimum Gasteiger partial charge on any atom is -0.375 e. The third kappa shape index (κ3) is 3.80. The Kier molecular flexibility index (Phi) is 4.38. The maximum Gasteiger partial charge on any atom is 0.523 e. The molecule has 112 valence electrons. The van der Waals surface area contributed by atoms with Crippen molar-refractivity contribution < 1.29 is 30.5 Å². The van der Waals surface area contributed by atoms with Crippen molar-refractivity contribution in [2.24, 2.45) is 0 Å². The molecule has 0 aromatic carbocycles. The van der Waals surface area contributed by atoms with Gasteiger partial charge < -0.3 is 10.1 Å². The zero-order chi connectivity index (χ0) is 14.1. The molecule has 1 heterocycles. The van der Waals surface area contributed by atoms with Crippen molar-refractivity contribution in [2.75, 3.05) is 13.1 Å². The van der Waals surface area contributed by atoms with Gasteiger partial charge in [0.1, 0.15) is 0 Å². The molecule has 1 saturated carbocycles. The van der Waals surface area contributed by atoms with E-state index in [0.717, 1.165) is 25.9 Å². The molecular weight excluding hydrogens is 287 g/mol. The van der Waals surface area contributed by atoms with E-state index in [-0.39, 0.29) is 25.0 Å². The highest BCUT2D eigenvalue weighted by atomic mass is 32.2. The van der Waals surface area contributed by atoms with Crippen molar-refractivity contribution in [3.05, 3.63) is 0 Å². The lowest BCUT2D eigenvalue weighted by Crippen LogP contribution is -2.44. The van der Waals surface area contributed by atoms with Gasteiger partial charge in [0.15, 0.2) is 0 Å². The van der Waals surface area contributed by atoms with Gasteiger partial charge in [-0.15, -0.1) is 0 Å². The van der Waals surface area contributed by atoms with Gasteiger partial charge in [0, 0.05) is 12.8 Å². The molecule has 1 N–H and O–H groups in total. The van der Waals surface area contributed by atoms with Gasteiger partial charge in [0.05, 0.1) is 18.3 Å². The van der Waals surface area contributed by atoms with E-state index >= 15 is 0 Å². The zero-order valence-electron chi connectivity index (χ0n) is 10.1. The molecule has 0 spiro atoms. The van der Waals surface area contributed by atoms with Gasteiger partial charge in [0.2, 0.25) is 0 Å². The van der Waals surface area contributed by atoms with E-state index in [0.29, 0.717) is 0 Å². The number of hydrogen-bond acceptors (Lipinski definition) is 5. The Morgan fingerprint density at radius 3 is 2.11 bits per heavy atom. The molecule has 0 unspecified atom stereocenters. The molecule has 0 amide bonds. The summed E-state index contributed by atoms with van der Waals surface area (Å²) in [6, 6.07) is 0. The highest BCUT2D eigenvalue weighted by molar-refractivity contribution is 7.87. The molecule has 0 aromatic rings. The van der Waals surface area contributed by atoms with E-state index in [1.54, 1.807) is 0 Å². The van der Waals surface area contributed by atoms with E-state index in [9.17, 15) is 21.6 Å². The molecule has 2 fully saturated rings. The van der Waals surface area contributed by atoms with Crippen LogP contribution in [0.5, 0.6) is 0 Å². The minimum absolute atomic E-state index is 0.103. The Morgan fingerprint density at radius 1 is 1.00 bits per heavy atom. The lowest BCUT2D eigenvalue weighted by Gasteiger charge is -2.37. The van der Waals surface area contributed by atoms with Crippen LogP contribution in [-0.4, -0.2) is 45.3 Å². The topological polar surface area (TPSA) is 64.6 Å². The smallest absolute Gasteiger partial charge is 0.375 e. The molecular formula is C10H16F3NO4S. The van der Waals surface area contributed by atoms with E-state index in [2.05, 4.69) is 9.50 Å². The van der Waals surface area contributed by atoms with Crippen LogP contribution in [0.3, 0.4) is 0 Å². The molecule has 2 rings (SSSR count). The number of halogens is 3. The zero-order valence-corrected chi connectivity index (χ0v) is 11.0. The standard InChI is InChI=1S/C10H16F3NO4S/c11-10(12,13)19(15,16)18-9-5-8(6-9)17-7-1-3-14-4-2-7/h7-9,14H,1-6H2. The quantitative estimate of drug-likeness (QED) is 0.623. The number of nitrogens with one attached hydrogen (secondary N) is 1. The summed E-state index contributed by atoms with van der Waals surface area (Å²) in [7, 11) is -5.48. The number of hydrogen-bond donors (Lipinski definition) is 1. The second kappa shape index (κ2) is 5.55. The maximum atomic E-state index is 12.1. The van der Waals surface area contributed by atoms with E-state index in [1.165, 1.54) is 0 Å². The normalized spacial score (nSPS) is 30.1. The van der Waals surface area contributed by atoms with Crippen molar-refractivity contribution in [1.29, 1.82) is 0 Å². The van der Waals surface area contributed by atoms with Crippen LogP contribution in [0.4, 0.5) is 13.2 Å². The molecule has 19 heavy (non-hydrogen) atoms. The average molecular weight is 303 g/mol. The Hall–Kier alpha value is -0.380. The lowest BCUT2D eigenvalue weighted by atomic mass is 9.92. The molecule has 0 radical (unpaired) electrons. The summed E-state index contributed by atoms with van der Waals surface area (Å²) in [5.41, 5.74) is -5.35. The molecule has 9 heteroatoms. The fraction of sp³-hybridized carbons (Fsp3) is 1.00. The van der Waals surface area contributed by atoms with Crippen molar-refractivity contribution in [2.45, 2.75) is 49.5 Å². The maximum absolute atomic E-state index is 12.1. The second-order valence-electron chi connectivity index (χ2n) is 4.80. The van der Waals surface area contributed by atoms with Gasteiger partial charge in [-0.3, -0.25) is 4.18 Å². The molecule has 5 nitrogen and oxygen atoms in total. The van der Waals surface area contributed by atoms with Crippen LogP contribution in [0, 0.1) is 0 Å². The summed E-state index contributed by atoms with van der Waals surface area (Å²) >= 11 is 0. The summed E-state index contributed by atoms with van der Waals surface area (Å²) in [4.78, 5) is 0. The summed E-state index contributed by atoms with van der Waals surface area (Å²) in [6.45, 7) is 1.72. The van der Waals surface area contributed by atoms with Crippen molar-refractivity contribution >= 4 is 10.1 Å². The van der Waals surface area contributed by atoms with Crippen molar-refractivity contribution in [1.82, 2.24) is 5.32 Å². The number of ether oxygens (including phenoxy) is 1. The van der Waals surface area contributed by atoms with Gasteiger partial charge >= 0.3 is 15.6 Å². The summed E-state index contributed by atoms with van der Waals surface area (Å²) < 4.78 is 67.5. The van der Waals surface area contributed by atoms with Gasteiger partial charge in [0.25, 0.3) is 0 Å². The van der Waals surface area contributed by atoms with Crippen LogP contribution in [0.1, 0.15) is 25.7 Å². The first-order chi connectivity index (χ1) is 8.78. The summed E-state index contributed by atoms with van der Waals surface area (Å²) in [6.07, 6.45) is 1.10. The van der Waals surface area contributed by atoms with Crippen molar-refractivity contribution in [3.63, 3.8) is 0 Å². The monoisotopic (exact) mass is 303 g/mol. The van der Waals surface area contributed by atoms with Crippen molar-refractivity contribution in [3.8, 4) is 0 Å². The Balaban J connectivity index is 1.71. The van der Waals surface area contributed by atoms with Crippen LogP contribution < -0.4 is 5.32 Å². The fourth-order valence-electron chi connectivity index (χ4n) is 2.14. The third-order valence-corrected chi connectivity index (χ3v) is 4.36. The first-order valence-corrected chi connectivity index (χ1v) is 7.54. The number of rotatable bonds is 4. The molecule has 0 atom stereocenters. The predicted octanol–water partition coefficient (Wildman–Crippen LogP) is 1.15. The first kappa shape index (κ1) is 15.0. The van der Waals surface area contributed by atoms with Crippen LogP contribution in [0.15, 0.2) is 0 Å². The van der Waals surface area contributed by atoms with Crippen LogP contribution in [0.25, 0.3) is 0 Å². The van der Waals surface area contributed by atoms with Crippen LogP contribution in [-0.2, 0) is 19.0 Å². The molecule has 1 saturated heterocycles. The Morgan fingerprint density at radius 2 is 1.58 bits per heavy atom. The summed E-state index contributed by atoms with van der Waals surface area (Å²) in [5, 5.41) is 3.17. The van der Waals surface area contributed by atoms with E-state index in [4.69, 9.17) is 4.74 Å². The molecule has 0 aromatic heterocycles. The fourth-order valence-corrected chi connectivity index (χ4v) is 2.77. The molecule has 1 aliphatic carbocycles. The second-order valence-corrected chi connectivity index (χ2v) is 6.36. The Labute approximate surface area is 109 Å². The van der Waals surface area contributed by atoms with Gasteiger partial charge in [-0.05, 0) is 25.9 Å². The average Bonchev–Trinajstić information content (AvgIpc) is 2.25. The lowest BCUT2D eigenvalue weighted by molar-refractivity contribution is -0.111. The number of piperidine rings is 1. The minimum atomic E-state index is -5.48. The Bertz CT molecular complexity index is 399. The highest BCUT2D eigenvalue weighted by Gasteiger charge is 2.50. The molecule has 0 bridgehead atoms. The van der Waals surface area contributed by atoms with E-state index < -0.39 is 21.7 Å². The highest BCUT2D eigenvalue weighted by Crippen LogP contribution is 2.34. The number of alkyl halides is 3. The van der Waals surface area contributed by atoms with Crippen LogP contribution >= 0.6 is 0 Å². The molecule has 2 aliphatic rings. The van der Waals surface area contributed by atoms with E-state index in [1.807, 2.05) is 0 Å². The van der Waals surface area contributed by atoms with Gasteiger partial charge in [-0.25, -0.2) is 0 Å². The first-order valence-electron chi connectivity index (χ1n) is 6.13. The SMILES string of the molecule is O=S(=O)(OC1CC(OC2CCNCC2)C1)C(F)(F)F. The summed E-state index contributed by atoms with van der Waals surface area (Å²) in [5.74, 6) is 0. The van der Waals surface area contributed by atoms with Crippen LogP contribution in [0.2, 0.25) is 0 Å². The third-order valence-electron chi connectivity index (χ3n) is 3.27. The largest absolute Gasteiger partial charge is 0.523 e. The van der Waals surface area contributed by atoms with Gasteiger partial charge in [-0.1, -0.05) is 0 Å².